The highest BCUT2D eigenvalue weighted by atomic mass is 31.1. The van der Waals surface area contributed by atoms with E-state index in [1.54, 1.807) is 0 Å². The van der Waals surface area contributed by atoms with Crippen LogP contribution in [0.5, 0.6) is 0 Å². The summed E-state index contributed by atoms with van der Waals surface area (Å²) in [6.45, 7) is 0. The Morgan fingerprint density at radius 2 is 2.15 bits per heavy atom. The van der Waals surface area contributed by atoms with Crippen molar-refractivity contribution < 1.29 is 0 Å². The van der Waals surface area contributed by atoms with Crippen molar-refractivity contribution >= 4 is 26.5 Å². The first-order valence-electron chi connectivity index (χ1n) is 4.11. The first-order valence-corrected chi connectivity index (χ1v) is 5.05. The van der Waals surface area contributed by atoms with Gasteiger partial charge in [-0.1, -0.05) is 18.2 Å². The van der Waals surface area contributed by atoms with Gasteiger partial charge < -0.3 is 0 Å². The van der Waals surface area contributed by atoms with Crippen molar-refractivity contribution in [1.82, 2.24) is 5.20 Å². The van der Waals surface area contributed by atoms with Gasteiger partial charge in [-0.25, -0.2) is 0 Å². The van der Waals surface area contributed by atoms with Gasteiger partial charge in [-0.05, 0) is 23.8 Å². The first-order chi connectivity index (χ1) is 6.45. The lowest BCUT2D eigenvalue weighted by Crippen LogP contribution is -2.19. The van der Waals surface area contributed by atoms with Gasteiger partial charge in [-0.2, -0.15) is 5.10 Å². The Hall–Kier alpha value is -1.34. The predicted octanol–water partition coefficient (Wildman–Crippen LogP) is 1.94. The molecule has 1 atom stereocenters. The Morgan fingerprint density at radius 1 is 1.23 bits per heavy atom. The van der Waals surface area contributed by atoms with Crippen molar-refractivity contribution in [1.29, 1.82) is 0 Å². The molecule has 0 saturated carbocycles. The van der Waals surface area contributed by atoms with Crippen LogP contribution in [-0.4, -0.2) is 5.84 Å². The molecular formula is C9H8N3P. The Kier molecular flexibility index (Phi) is 1.41. The zero-order valence-electron chi connectivity index (χ0n) is 6.86. The molecule has 1 unspecified atom stereocenters. The SMILES string of the molecule is C1=Cc2ccccc2N2PNN=C12. The van der Waals surface area contributed by atoms with Crippen LogP contribution in [0.4, 0.5) is 5.69 Å². The second-order valence-corrected chi connectivity index (χ2v) is 3.82. The molecule has 0 aliphatic carbocycles. The van der Waals surface area contributed by atoms with Crippen LogP contribution in [0, 0.1) is 0 Å². The molecule has 0 bridgehead atoms. The van der Waals surface area contributed by atoms with Crippen molar-refractivity contribution in [3.05, 3.63) is 35.9 Å². The third-order valence-electron chi connectivity index (χ3n) is 2.15. The van der Waals surface area contributed by atoms with Crippen LogP contribution < -0.4 is 9.87 Å². The van der Waals surface area contributed by atoms with E-state index in [0.717, 1.165) is 5.84 Å². The number of amidine groups is 1. The largest absolute Gasteiger partial charge is 0.286 e. The van der Waals surface area contributed by atoms with E-state index in [0.29, 0.717) is 8.88 Å². The summed E-state index contributed by atoms with van der Waals surface area (Å²) < 4.78 is 2.19. The number of fused-ring (bicyclic) bond motifs is 3. The van der Waals surface area contributed by atoms with E-state index in [-0.39, 0.29) is 0 Å². The first kappa shape index (κ1) is 7.10. The Bertz CT molecular complexity index is 411. The van der Waals surface area contributed by atoms with Gasteiger partial charge in [0.25, 0.3) is 0 Å². The van der Waals surface area contributed by atoms with Gasteiger partial charge in [0.1, 0.15) is 8.88 Å². The minimum absolute atomic E-state index is 0.534. The maximum Gasteiger partial charge on any atom is 0.157 e. The van der Waals surface area contributed by atoms with E-state index < -0.39 is 0 Å². The molecule has 2 heterocycles. The van der Waals surface area contributed by atoms with E-state index in [1.165, 1.54) is 11.3 Å². The van der Waals surface area contributed by atoms with Gasteiger partial charge in [0.05, 0.1) is 5.69 Å². The van der Waals surface area contributed by atoms with Crippen LogP contribution in [0.2, 0.25) is 0 Å². The normalized spacial score (nSPS) is 19.4. The zero-order chi connectivity index (χ0) is 8.67. The molecule has 0 amide bonds. The second kappa shape index (κ2) is 2.57. The number of anilines is 1. The number of rotatable bonds is 0. The van der Waals surface area contributed by atoms with Gasteiger partial charge >= 0.3 is 0 Å². The van der Waals surface area contributed by atoms with Crippen LogP contribution in [0.3, 0.4) is 0 Å². The fraction of sp³-hybridized carbons (Fsp3) is 0. The number of hydrazone groups is 1. The summed E-state index contributed by atoms with van der Waals surface area (Å²) in [5.74, 6) is 1.01. The highest BCUT2D eigenvalue weighted by molar-refractivity contribution is 7.40. The Balaban J connectivity index is 2.20. The molecule has 3 rings (SSSR count). The Labute approximate surface area is 78.0 Å². The van der Waals surface area contributed by atoms with Crippen molar-refractivity contribution in [2.45, 2.75) is 0 Å². The highest BCUT2D eigenvalue weighted by Crippen LogP contribution is 2.35. The molecule has 0 fully saturated rings. The van der Waals surface area contributed by atoms with Crippen molar-refractivity contribution in [3.63, 3.8) is 0 Å². The molecule has 1 N–H and O–H groups in total. The zero-order valence-corrected chi connectivity index (χ0v) is 7.86. The van der Waals surface area contributed by atoms with Gasteiger partial charge in [-0.3, -0.25) is 9.87 Å². The summed E-state index contributed by atoms with van der Waals surface area (Å²) in [4.78, 5) is 0. The van der Waals surface area contributed by atoms with Gasteiger partial charge in [0.2, 0.25) is 0 Å². The standard InChI is InChI=1S/C9H8N3P/c1-2-4-8-7(3-1)5-6-9-10-11-13-12(8)9/h1-6,11,13H. The monoisotopic (exact) mass is 189 g/mol. The van der Waals surface area contributed by atoms with E-state index in [9.17, 15) is 0 Å². The van der Waals surface area contributed by atoms with Crippen molar-refractivity contribution in [2.75, 3.05) is 4.67 Å². The number of nitrogens with one attached hydrogen (secondary N) is 1. The third-order valence-corrected chi connectivity index (χ3v) is 3.06. The highest BCUT2D eigenvalue weighted by Gasteiger charge is 2.21. The third kappa shape index (κ3) is 0.973. The summed E-state index contributed by atoms with van der Waals surface area (Å²) in [5.41, 5.74) is 2.50. The topological polar surface area (TPSA) is 27.6 Å². The quantitative estimate of drug-likeness (QED) is 0.631. The number of hydrogen-bond donors (Lipinski definition) is 1. The molecule has 0 radical (unpaired) electrons. The summed E-state index contributed by atoms with van der Waals surface area (Å²) >= 11 is 0. The number of hydrogen-bond acceptors (Lipinski definition) is 3. The predicted molar refractivity (Wildman–Crippen MR) is 56.8 cm³/mol. The van der Waals surface area contributed by atoms with Crippen LogP contribution in [0.25, 0.3) is 6.08 Å². The molecule has 2 aliphatic rings. The second-order valence-electron chi connectivity index (χ2n) is 2.92. The van der Waals surface area contributed by atoms with Gasteiger partial charge in [0.15, 0.2) is 5.84 Å². The molecule has 2 aliphatic heterocycles. The molecule has 1 aromatic carbocycles. The minimum Gasteiger partial charge on any atom is -0.286 e. The molecule has 4 heteroatoms. The fourth-order valence-electron chi connectivity index (χ4n) is 1.53. The van der Waals surface area contributed by atoms with Crippen LogP contribution in [0.1, 0.15) is 5.56 Å². The minimum atomic E-state index is 0.534. The molecular weight excluding hydrogens is 181 g/mol. The Morgan fingerprint density at radius 3 is 3.15 bits per heavy atom. The van der Waals surface area contributed by atoms with E-state index in [1.807, 2.05) is 6.08 Å². The molecule has 0 aromatic heterocycles. The van der Waals surface area contributed by atoms with Crippen LogP contribution in [-0.2, 0) is 0 Å². The number of para-hydroxylation sites is 1. The lowest BCUT2D eigenvalue weighted by molar-refractivity contribution is 1.13. The molecule has 1 aromatic rings. The molecule has 0 saturated heterocycles. The van der Waals surface area contributed by atoms with Crippen LogP contribution >= 0.6 is 8.88 Å². The van der Waals surface area contributed by atoms with Crippen LogP contribution in [0.15, 0.2) is 35.4 Å². The maximum atomic E-state index is 4.17. The summed E-state index contributed by atoms with van der Waals surface area (Å²) in [5, 5.41) is 7.17. The summed E-state index contributed by atoms with van der Waals surface area (Å²) in [6, 6.07) is 8.34. The summed E-state index contributed by atoms with van der Waals surface area (Å²) in [7, 11) is 0.534. The van der Waals surface area contributed by atoms with Crippen molar-refractivity contribution in [2.24, 2.45) is 5.10 Å². The molecule has 0 spiro atoms. The number of benzene rings is 1. The lowest BCUT2D eigenvalue weighted by Gasteiger charge is -2.22. The number of nitrogens with zero attached hydrogens (tertiary/aromatic N) is 2. The maximum absolute atomic E-state index is 4.17. The average molecular weight is 189 g/mol. The smallest absolute Gasteiger partial charge is 0.157 e. The molecule has 3 nitrogen and oxygen atoms in total. The molecule has 64 valence electrons. The van der Waals surface area contributed by atoms with E-state index in [4.69, 9.17) is 0 Å². The van der Waals surface area contributed by atoms with E-state index in [2.05, 4.69) is 45.3 Å². The van der Waals surface area contributed by atoms with E-state index >= 15 is 0 Å². The molecule has 13 heavy (non-hydrogen) atoms. The van der Waals surface area contributed by atoms with Crippen molar-refractivity contribution in [3.8, 4) is 0 Å². The van der Waals surface area contributed by atoms with Gasteiger partial charge in [0, 0.05) is 0 Å². The lowest BCUT2D eigenvalue weighted by atomic mass is 10.1. The summed E-state index contributed by atoms with van der Waals surface area (Å²) in [6.07, 6.45) is 4.14. The fourth-order valence-corrected chi connectivity index (χ4v) is 2.36. The average Bonchev–Trinajstić information content (AvgIpc) is 2.65. The van der Waals surface area contributed by atoms with Gasteiger partial charge in [-0.15, -0.1) is 0 Å².